The number of furan rings is 1. The molecule has 1 aromatic heterocycles. The van der Waals surface area contributed by atoms with Crippen molar-refractivity contribution in [2.75, 3.05) is 10.6 Å². The monoisotopic (exact) mass is 429 g/mol. The second kappa shape index (κ2) is 8.34. The van der Waals surface area contributed by atoms with Crippen LogP contribution in [0.25, 0.3) is 0 Å². The second-order valence-electron chi connectivity index (χ2n) is 8.23. The molecule has 3 amide bonds. The van der Waals surface area contributed by atoms with Crippen LogP contribution >= 0.6 is 0 Å². The number of hydrogen-bond donors (Lipinski definition) is 2. The van der Waals surface area contributed by atoms with E-state index in [9.17, 15) is 14.4 Å². The third-order valence-electron chi connectivity index (χ3n) is 5.91. The fourth-order valence-corrected chi connectivity index (χ4v) is 3.96. The average molecular weight is 429 g/mol. The molecule has 162 valence electrons. The lowest BCUT2D eigenvalue weighted by atomic mass is 9.93. The van der Waals surface area contributed by atoms with Gasteiger partial charge in [0.1, 0.15) is 6.04 Å². The molecule has 7 heteroatoms. The van der Waals surface area contributed by atoms with E-state index in [1.165, 1.54) is 6.26 Å². The van der Waals surface area contributed by atoms with Gasteiger partial charge in [-0.25, -0.2) is 0 Å². The fourth-order valence-electron chi connectivity index (χ4n) is 3.96. The van der Waals surface area contributed by atoms with E-state index in [2.05, 4.69) is 10.6 Å². The van der Waals surface area contributed by atoms with Gasteiger partial charge in [0, 0.05) is 30.3 Å². The van der Waals surface area contributed by atoms with Crippen LogP contribution < -0.4 is 10.6 Å². The minimum atomic E-state index is -0.670. The predicted molar refractivity (Wildman–Crippen MR) is 119 cm³/mol. The van der Waals surface area contributed by atoms with Crippen LogP contribution in [0.1, 0.15) is 34.5 Å². The Morgan fingerprint density at radius 3 is 2.09 bits per heavy atom. The smallest absolute Gasteiger partial charge is 0.290 e. The molecular weight excluding hydrogens is 406 g/mol. The molecule has 5 rings (SSSR count). The van der Waals surface area contributed by atoms with Crippen molar-refractivity contribution in [3.63, 3.8) is 0 Å². The van der Waals surface area contributed by atoms with Crippen molar-refractivity contribution in [1.29, 1.82) is 0 Å². The highest BCUT2D eigenvalue weighted by Gasteiger charge is 2.36. The third-order valence-corrected chi connectivity index (χ3v) is 5.91. The van der Waals surface area contributed by atoms with Gasteiger partial charge in [0.05, 0.1) is 6.26 Å². The summed E-state index contributed by atoms with van der Waals surface area (Å²) in [4.78, 5) is 39.7. The molecule has 1 aliphatic carbocycles. The van der Waals surface area contributed by atoms with Crippen LogP contribution in [0, 0.1) is 5.92 Å². The topological polar surface area (TPSA) is 91.7 Å². The highest BCUT2D eigenvalue weighted by atomic mass is 16.3. The molecule has 3 aromatic rings. The Morgan fingerprint density at radius 2 is 1.47 bits per heavy atom. The molecule has 2 aliphatic rings. The zero-order valence-electron chi connectivity index (χ0n) is 17.4. The standard InChI is InChI=1S/C25H23N3O4/c29-23(16-7-8-16)26-19-9-11-20(12-10-19)27-24(30)21-14-17-4-1-2-5-18(17)15-28(21)25(31)22-6-3-13-32-22/h1-6,9-13,16,21H,7-8,14-15H2,(H,26,29)(H,27,30). The molecule has 1 aliphatic heterocycles. The van der Waals surface area contributed by atoms with Gasteiger partial charge in [-0.05, 0) is 60.4 Å². The Labute approximate surface area is 185 Å². The Hall–Kier alpha value is -3.87. The lowest BCUT2D eigenvalue weighted by Crippen LogP contribution is -2.50. The van der Waals surface area contributed by atoms with E-state index in [1.54, 1.807) is 41.3 Å². The van der Waals surface area contributed by atoms with E-state index < -0.39 is 6.04 Å². The summed E-state index contributed by atoms with van der Waals surface area (Å²) in [5.74, 6) is -0.217. The quantitative estimate of drug-likeness (QED) is 0.645. The average Bonchev–Trinajstić information content (AvgIpc) is 3.53. The summed E-state index contributed by atoms with van der Waals surface area (Å²) in [6.07, 6.45) is 3.75. The number of rotatable bonds is 5. The lowest BCUT2D eigenvalue weighted by Gasteiger charge is -2.35. The predicted octanol–water partition coefficient (Wildman–Crippen LogP) is 3.83. The molecule has 1 fully saturated rings. The number of fused-ring (bicyclic) bond motifs is 1. The van der Waals surface area contributed by atoms with E-state index in [0.717, 1.165) is 24.0 Å². The largest absolute Gasteiger partial charge is 0.459 e. The number of benzene rings is 2. The van der Waals surface area contributed by atoms with Crippen molar-refractivity contribution in [3.05, 3.63) is 83.8 Å². The van der Waals surface area contributed by atoms with E-state index in [1.807, 2.05) is 24.3 Å². The van der Waals surface area contributed by atoms with Gasteiger partial charge in [-0.1, -0.05) is 24.3 Å². The van der Waals surface area contributed by atoms with Crippen molar-refractivity contribution in [1.82, 2.24) is 4.90 Å². The molecule has 2 heterocycles. The third kappa shape index (κ3) is 4.14. The molecular formula is C25H23N3O4. The Kier molecular flexibility index (Phi) is 5.23. The van der Waals surface area contributed by atoms with E-state index >= 15 is 0 Å². The Bertz CT molecular complexity index is 1150. The summed E-state index contributed by atoms with van der Waals surface area (Å²) >= 11 is 0. The van der Waals surface area contributed by atoms with Gasteiger partial charge >= 0.3 is 0 Å². The van der Waals surface area contributed by atoms with E-state index in [0.29, 0.717) is 24.3 Å². The van der Waals surface area contributed by atoms with Gasteiger partial charge < -0.3 is 20.0 Å². The molecule has 0 saturated heterocycles. The highest BCUT2D eigenvalue weighted by Crippen LogP contribution is 2.30. The van der Waals surface area contributed by atoms with Gasteiger partial charge in [-0.15, -0.1) is 0 Å². The molecule has 32 heavy (non-hydrogen) atoms. The van der Waals surface area contributed by atoms with E-state index in [4.69, 9.17) is 4.42 Å². The first-order valence-electron chi connectivity index (χ1n) is 10.7. The van der Waals surface area contributed by atoms with Crippen LogP contribution in [0.2, 0.25) is 0 Å². The van der Waals surface area contributed by atoms with Crippen molar-refractivity contribution in [3.8, 4) is 0 Å². The zero-order valence-corrected chi connectivity index (χ0v) is 17.4. The normalized spacial score (nSPS) is 17.4. The van der Waals surface area contributed by atoms with Gasteiger partial charge in [0.25, 0.3) is 5.91 Å². The number of nitrogens with zero attached hydrogens (tertiary/aromatic N) is 1. The SMILES string of the molecule is O=C(Nc1ccc(NC(=O)C2Cc3ccccc3CN2C(=O)c2ccco2)cc1)C1CC1. The summed E-state index contributed by atoms with van der Waals surface area (Å²) in [5, 5.41) is 5.79. The number of amides is 3. The number of nitrogens with one attached hydrogen (secondary N) is 2. The van der Waals surface area contributed by atoms with Gasteiger partial charge in [-0.3, -0.25) is 14.4 Å². The molecule has 1 unspecified atom stereocenters. The van der Waals surface area contributed by atoms with Crippen LogP contribution in [-0.4, -0.2) is 28.7 Å². The number of anilines is 2. The molecule has 0 spiro atoms. The first-order valence-corrected chi connectivity index (χ1v) is 10.7. The molecule has 2 aromatic carbocycles. The first-order chi connectivity index (χ1) is 15.6. The maximum Gasteiger partial charge on any atom is 0.290 e. The summed E-state index contributed by atoms with van der Waals surface area (Å²) in [5.41, 5.74) is 3.37. The Balaban J connectivity index is 1.33. The van der Waals surface area contributed by atoms with Crippen molar-refractivity contribution in [2.45, 2.75) is 31.8 Å². The molecule has 2 N–H and O–H groups in total. The Morgan fingerprint density at radius 1 is 0.812 bits per heavy atom. The van der Waals surface area contributed by atoms with Crippen molar-refractivity contribution < 1.29 is 18.8 Å². The minimum absolute atomic E-state index is 0.0368. The van der Waals surface area contributed by atoms with E-state index in [-0.39, 0.29) is 29.4 Å². The summed E-state index contributed by atoms with van der Waals surface area (Å²) in [6.45, 7) is 0.333. The van der Waals surface area contributed by atoms with Crippen LogP contribution in [0.3, 0.4) is 0 Å². The number of carbonyl (C=O) groups is 3. The van der Waals surface area contributed by atoms with Crippen molar-refractivity contribution in [2.24, 2.45) is 5.92 Å². The molecule has 1 atom stereocenters. The van der Waals surface area contributed by atoms with Crippen LogP contribution in [0.15, 0.2) is 71.3 Å². The zero-order chi connectivity index (χ0) is 22.1. The highest BCUT2D eigenvalue weighted by molar-refractivity contribution is 6.01. The minimum Gasteiger partial charge on any atom is -0.459 e. The van der Waals surface area contributed by atoms with Crippen LogP contribution in [-0.2, 0) is 22.6 Å². The van der Waals surface area contributed by atoms with Gasteiger partial charge in [0.15, 0.2) is 5.76 Å². The first kappa shape index (κ1) is 20.1. The summed E-state index contributed by atoms with van der Waals surface area (Å²) < 4.78 is 5.29. The number of carbonyl (C=O) groups excluding carboxylic acids is 3. The maximum absolute atomic E-state index is 13.2. The fraction of sp³-hybridized carbons (Fsp3) is 0.240. The number of hydrogen-bond acceptors (Lipinski definition) is 4. The summed E-state index contributed by atoms with van der Waals surface area (Å²) in [7, 11) is 0. The molecule has 1 saturated carbocycles. The lowest BCUT2D eigenvalue weighted by molar-refractivity contribution is -0.121. The van der Waals surface area contributed by atoms with Crippen molar-refractivity contribution >= 4 is 29.1 Å². The van der Waals surface area contributed by atoms with Crippen LogP contribution in [0.4, 0.5) is 11.4 Å². The van der Waals surface area contributed by atoms with Crippen LogP contribution in [0.5, 0.6) is 0 Å². The molecule has 7 nitrogen and oxygen atoms in total. The second-order valence-corrected chi connectivity index (χ2v) is 8.23. The molecule has 0 bridgehead atoms. The summed E-state index contributed by atoms with van der Waals surface area (Å²) in [6, 6.07) is 17.4. The van der Waals surface area contributed by atoms with Gasteiger partial charge in [-0.2, -0.15) is 0 Å². The maximum atomic E-state index is 13.2. The van der Waals surface area contributed by atoms with Gasteiger partial charge in [0.2, 0.25) is 11.8 Å². The molecule has 0 radical (unpaired) electrons.